The molecule has 0 radical (unpaired) electrons. The highest BCUT2D eigenvalue weighted by molar-refractivity contribution is 5.88. The number of carbonyl (C=O) groups excluding carboxylic acids is 1. The maximum Gasteiger partial charge on any atom is 0.425 e. The highest BCUT2D eigenvalue weighted by Gasteiger charge is 2.39. The molecule has 0 aromatic heterocycles. The van der Waals surface area contributed by atoms with E-state index in [2.05, 4.69) is 4.74 Å². The fourth-order valence-corrected chi connectivity index (χ4v) is 1.91. The molecule has 2 aromatic rings. The number of esters is 1. The Morgan fingerprint density at radius 2 is 1.80 bits per heavy atom. The lowest BCUT2D eigenvalue weighted by Gasteiger charge is -2.16. The number of benzene rings is 2. The first kappa shape index (κ1) is 14.4. The van der Waals surface area contributed by atoms with E-state index in [1.165, 1.54) is 0 Å². The second-order valence-electron chi connectivity index (χ2n) is 4.49. The molecule has 0 saturated carbocycles. The van der Waals surface area contributed by atoms with Crippen molar-refractivity contribution in [3.05, 3.63) is 48.0 Å². The monoisotopic (exact) mass is 282 g/mol. The average Bonchev–Trinajstić information content (AvgIpc) is 2.38. The van der Waals surface area contributed by atoms with Crippen LogP contribution < -0.4 is 0 Å². The third kappa shape index (κ3) is 3.29. The Kier molecular flexibility index (Phi) is 3.97. The Morgan fingerprint density at radius 1 is 1.15 bits per heavy atom. The first-order valence-corrected chi connectivity index (χ1v) is 6.11. The zero-order valence-corrected chi connectivity index (χ0v) is 10.8. The Balaban J connectivity index is 2.15. The quantitative estimate of drug-likeness (QED) is 0.799. The summed E-state index contributed by atoms with van der Waals surface area (Å²) in [6, 6.07) is 12.7. The molecule has 0 N–H and O–H groups in total. The minimum atomic E-state index is -4.53. The van der Waals surface area contributed by atoms with Crippen molar-refractivity contribution in [3.8, 4) is 0 Å². The van der Waals surface area contributed by atoms with E-state index in [1.54, 1.807) is 12.1 Å². The second kappa shape index (κ2) is 5.53. The Hall–Kier alpha value is -2.04. The van der Waals surface area contributed by atoms with Crippen LogP contribution in [0.2, 0.25) is 0 Å². The summed E-state index contributed by atoms with van der Waals surface area (Å²) in [5.41, 5.74) is 0.655. The second-order valence-corrected chi connectivity index (χ2v) is 4.49. The molecule has 106 valence electrons. The molecule has 0 aliphatic carbocycles. The summed E-state index contributed by atoms with van der Waals surface area (Å²) in [7, 11) is 0. The zero-order valence-electron chi connectivity index (χ0n) is 10.8. The van der Waals surface area contributed by atoms with Crippen molar-refractivity contribution >= 4 is 16.7 Å². The van der Waals surface area contributed by atoms with E-state index in [9.17, 15) is 18.0 Å². The smallest absolute Gasteiger partial charge is 0.425 e. The van der Waals surface area contributed by atoms with Crippen molar-refractivity contribution in [2.75, 3.05) is 0 Å². The van der Waals surface area contributed by atoms with E-state index in [1.807, 2.05) is 30.3 Å². The van der Waals surface area contributed by atoms with E-state index in [-0.39, 0.29) is 6.42 Å². The third-order valence-corrected chi connectivity index (χ3v) is 2.98. The molecular formula is C15H13F3O2. The van der Waals surface area contributed by atoms with Crippen LogP contribution >= 0.6 is 0 Å². The molecule has 0 heterocycles. The van der Waals surface area contributed by atoms with E-state index >= 15 is 0 Å². The number of alkyl halides is 3. The van der Waals surface area contributed by atoms with Gasteiger partial charge < -0.3 is 4.74 Å². The van der Waals surface area contributed by atoms with Gasteiger partial charge in [0.2, 0.25) is 0 Å². The van der Waals surface area contributed by atoms with Crippen LogP contribution in [-0.2, 0) is 16.0 Å². The predicted octanol–water partition coefficient (Wildman–Crippen LogP) is 3.88. The standard InChI is InChI=1S/C15H13F3O2/c1-10(15(16,17)18)20-14(19)9-12-7-4-6-11-5-2-3-8-13(11)12/h2-8,10H,9H2,1H3. The molecule has 2 nitrogen and oxygen atoms in total. The molecule has 20 heavy (non-hydrogen) atoms. The number of carbonyl (C=O) groups is 1. The Morgan fingerprint density at radius 3 is 2.50 bits per heavy atom. The molecular weight excluding hydrogens is 269 g/mol. The molecule has 0 saturated heterocycles. The minimum Gasteiger partial charge on any atom is -0.453 e. The van der Waals surface area contributed by atoms with Gasteiger partial charge in [-0.2, -0.15) is 13.2 Å². The number of ether oxygens (including phenoxy) is 1. The molecule has 2 aromatic carbocycles. The zero-order chi connectivity index (χ0) is 14.8. The van der Waals surface area contributed by atoms with Crippen molar-refractivity contribution in [3.63, 3.8) is 0 Å². The SMILES string of the molecule is CC(OC(=O)Cc1cccc2ccccc12)C(F)(F)F. The van der Waals surface area contributed by atoms with Gasteiger partial charge in [-0.1, -0.05) is 42.5 Å². The van der Waals surface area contributed by atoms with Gasteiger partial charge in [-0.25, -0.2) is 0 Å². The molecule has 0 amide bonds. The molecule has 0 aliphatic rings. The summed E-state index contributed by atoms with van der Waals surface area (Å²) in [6.45, 7) is 0.820. The maximum atomic E-state index is 12.3. The highest BCUT2D eigenvalue weighted by atomic mass is 19.4. The number of hydrogen-bond donors (Lipinski definition) is 0. The fourth-order valence-electron chi connectivity index (χ4n) is 1.91. The first-order valence-electron chi connectivity index (χ1n) is 6.11. The Bertz CT molecular complexity index is 615. The summed E-state index contributed by atoms with van der Waals surface area (Å²) in [6.07, 6.45) is -6.80. The fraction of sp³-hybridized carbons (Fsp3) is 0.267. The van der Waals surface area contributed by atoms with Gasteiger partial charge in [0.25, 0.3) is 0 Å². The molecule has 0 bridgehead atoms. The lowest BCUT2D eigenvalue weighted by molar-refractivity contribution is -0.215. The van der Waals surface area contributed by atoms with Gasteiger partial charge in [0.15, 0.2) is 6.10 Å². The van der Waals surface area contributed by atoms with Gasteiger partial charge in [-0.15, -0.1) is 0 Å². The van der Waals surface area contributed by atoms with Crippen LogP contribution in [-0.4, -0.2) is 18.2 Å². The minimum absolute atomic E-state index is 0.179. The van der Waals surface area contributed by atoms with E-state index in [0.29, 0.717) is 5.56 Å². The van der Waals surface area contributed by atoms with Gasteiger partial charge in [-0.05, 0) is 23.3 Å². The van der Waals surface area contributed by atoms with Crippen LogP contribution in [0.1, 0.15) is 12.5 Å². The summed E-state index contributed by atoms with van der Waals surface area (Å²) < 4.78 is 41.4. The van der Waals surface area contributed by atoms with Crippen LogP contribution in [0.4, 0.5) is 13.2 Å². The van der Waals surface area contributed by atoms with Crippen molar-refractivity contribution in [1.82, 2.24) is 0 Å². The summed E-state index contributed by atoms with van der Waals surface area (Å²) in [5.74, 6) is -0.883. The number of hydrogen-bond acceptors (Lipinski definition) is 2. The summed E-state index contributed by atoms with van der Waals surface area (Å²) in [5, 5.41) is 1.77. The maximum absolute atomic E-state index is 12.3. The van der Waals surface area contributed by atoms with Gasteiger partial charge in [-0.3, -0.25) is 4.79 Å². The summed E-state index contributed by atoms with van der Waals surface area (Å²) >= 11 is 0. The molecule has 0 aliphatic heterocycles. The van der Waals surface area contributed by atoms with Crippen molar-refractivity contribution in [1.29, 1.82) is 0 Å². The van der Waals surface area contributed by atoms with Crippen molar-refractivity contribution in [2.45, 2.75) is 25.6 Å². The summed E-state index contributed by atoms with van der Waals surface area (Å²) in [4.78, 5) is 11.6. The highest BCUT2D eigenvalue weighted by Crippen LogP contribution is 2.24. The van der Waals surface area contributed by atoms with Crippen LogP contribution in [0.25, 0.3) is 10.8 Å². The molecule has 1 atom stereocenters. The number of halogens is 3. The third-order valence-electron chi connectivity index (χ3n) is 2.98. The van der Waals surface area contributed by atoms with Gasteiger partial charge >= 0.3 is 12.1 Å². The lowest BCUT2D eigenvalue weighted by Crippen LogP contribution is -2.31. The van der Waals surface area contributed by atoms with Gasteiger partial charge in [0.05, 0.1) is 6.42 Å². The van der Waals surface area contributed by atoms with Gasteiger partial charge in [0, 0.05) is 0 Å². The topological polar surface area (TPSA) is 26.3 Å². The normalized spacial score (nSPS) is 13.2. The van der Waals surface area contributed by atoms with Gasteiger partial charge in [0.1, 0.15) is 0 Å². The van der Waals surface area contributed by atoms with Crippen molar-refractivity contribution < 1.29 is 22.7 Å². The Labute approximate surface area is 114 Å². The van der Waals surface area contributed by atoms with Crippen LogP contribution in [0.15, 0.2) is 42.5 Å². The van der Waals surface area contributed by atoms with Crippen LogP contribution in [0, 0.1) is 0 Å². The van der Waals surface area contributed by atoms with E-state index in [0.717, 1.165) is 17.7 Å². The molecule has 0 spiro atoms. The number of rotatable bonds is 3. The van der Waals surface area contributed by atoms with Crippen LogP contribution in [0.3, 0.4) is 0 Å². The lowest BCUT2D eigenvalue weighted by atomic mass is 10.0. The first-order chi connectivity index (χ1) is 9.38. The van der Waals surface area contributed by atoms with E-state index in [4.69, 9.17) is 0 Å². The van der Waals surface area contributed by atoms with Crippen LogP contribution in [0.5, 0.6) is 0 Å². The average molecular weight is 282 g/mol. The molecule has 2 rings (SSSR count). The van der Waals surface area contributed by atoms with E-state index < -0.39 is 18.2 Å². The molecule has 1 unspecified atom stereocenters. The predicted molar refractivity (Wildman–Crippen MR) is 69.3 cm³/mol. The van der Waals surface area contributed by atoms with Crippen molar-refractivity contribution in [2.24, 2.45) is 0 Å². The molecule has 5 heteroatoms. The molecule has 0 fully saturated rings. The largest absolute Gasteiger partial charge is 0.453 e. The number of fused-ring (bicyclic) bond motifs is 1.